The maximum atomic E-state index is 14.7. The number of alkyl halides is 2. The monoisotopic (exact) mass is 333 g/mol. The van der Waals surface area contributed by atoms with Gasteiger partial charge in [-0.15, -0.1) is 0 Å². The molecule has 1 saturated heterocycles. The van der Waals surface area contributed by atoms with Crippen molar-refractivity contribution in [1.29, 1.82) is 0 Å². The Labute approximate surface area is 139 Å². The van der Waals surface area contributed by atoms with Gasteiger partial charge in [-0.05, 0) is 30.5 Å². The maximum Gasteiger partial charge on any atom is 0.276 e. The van der Waals surface area contributed by atoms with Gasteiger partial charge in [0, 0.05) is 24.6 Å². The molecule has 0 saturated carbocycles. The number of halogens is 2. The van der Waals surface area contributed by atoms with Crippen molar-refractivity contribution < 1.29 is 13.9 Å². The first-order chi connectivity index (χ1) is 11.5. The van der Waals surface area contributed by atoms with Crippen molar-refractivity contribution in [3.05, 3.63) is 53.7 Å². The molecule has 0 unspecified atom stereocenters. The van der Waals surface area contributed by atoms with Gasteiger partial charge in [0.2, 0.25) is 0 Å². The van der Waals surface area contributed by atoms with Gasteiger partial charge in [-0.1, -0.05) is 24.3 Å². The molecular formula is C18H21F2N3O. The van der Waals surface area contributed by atoms with E-state index in [0.29, 0.717) is 37.3 Å². The highest BCUT2D eigenvalue weighted by Gasteiger charge is 2.42. The molecule has 1 aliphatic rings. The van der Waals surface area contributed by atoms with Crippen molar-refractivity contribution in [2.45, 2.75) is 25.4 Å². The van der Waals surface area contributed by atoms with Crippen LogP contribution in [0.5, 0.6) is 0 Å². The van der Waals surface area contributed by atoms with Gasteiger partial charge >= 0.3 is 0 Å². The van der Waals surface area contributed by atoms with Crippen molar-refractivity contribution in [3.8, 4) is 0 Å². The van der Waals surface area contributed by atoms with Crippen LogP contribution >= 0.6 is 0 Å². The van der Waals surface area contributed by atoms with Gasteiger partial charge in [-0.25, -0.2) is 13.8 Å². The Morgan fingerprint density at radius 1 is 1.12 bits per heavy atom. The van der Waals surface area contributed by atoms with E-state index < -0.39 is 11.8 Å². The van der Waals surface area contributed by atoms with Gasteiger partial charge in [-0.3, -0.25) is 0 Å². The zero-order valence-corrected chi connectivity index (χ0v) is 13.3. The van der Waals surface area contributed by atoms with E-state index in [1.54, 1.807) is 24.4 Å². The molecule has 2 aromatic rings. The lowest BCUT2D eigenvalue weighted by atomic mass is 9.86. The molecule has 1 aromatic heterocycles. The summed E-state index contributed by atoms with van der Waals surface area (Å²) in [5.74, 6) is -3.10. The number of piperidine rings is 1. The number of nitrogen functional groups attached to an aromatic ring is 1. The van der Waals surface area contributed by atoms with E-state index in [2.05, 4.69) is 9.88 Å². The van der Waals surface area contributed by atoms with Gasteiger partial charge in [0.25, 0.3) is 5.92 Å². The minimum Gasteiger partial charge on any atom is -0.392 e. The summed E-state index contributed by atoms with van der Waals surface area (Å²) in [7, 11) is 0. The third-order valence-corrected chi connectivity index (χ3v) is 4.66. The van der Waals surface area contributed by atoms with Crippen LogP contribution in [0.1, 0.15) is 24.0 Å². The molecule has 1 aromatic carbocycles. The molecule has 3 rings (SSSR count). The first-order valence-electron chi connectivity index (χ1n) is 8.05. The summed E-state index contributed by atoms with van der Waals surface area (Å²) in [5, 5.41) is 9.03. The van der Waals surface area contributed by atoms with Gasteiger partial charge in [-0.2, -0.15) is 0 Å². The normalized spacial score (nSPS) is 16.4. The minimum atomic E-state index is -2.86. The maximum absolute atomic E-state index is 14.7. The van der Waals surface area contributed by atoms with Crippen molar-refractivity contribution >= 4 is 11.5 Å². The van der Waals surface area contributed by atoms with Crippen LogP contribution in [0.15, 0.2) is 42.6 Å². The molecule has 0 amide bonds. The second-order valence-corrected chi connectivity index (χ2v) is 6.18. The molecule has 1 aliphatic heterocycles. The summed E-state index contributed by atoms with van der Waals surface area (Å²) < 4.78 is 29.5. The molecule has 6 heteroatoms. The fourth-order valence-electron chi connectivity index (χ4n) is 3.15. The lowest BCUT2D eigenvalue weighted by Crippen LogP contribution is -2.39. The number of hydrogen-bond acceptors (Lipinski definition) is 4. The number of nitrogens with two attached hydrogens (primary N) is 1. The highest BCUT2D eigenvalue weighted by molar-refractivity contribution is 5.48. The van der Waals surface area contributed by atoms with Crippen LogP contribution in [0.3, 0.4) is 0 Å². The van der Waals surface area contributed by atoms with Crippen LogP contribution in [-0.4, -0.2) is 23.2 Å². The van der Waals surface area contributed by atoms with Crippen molar-refractivity contribution in [1.82, 2.24) is 4.98 Å². The third kappa shape index (κ3) is 3.33. The lowest BCUT2D eigenvalue weighted by molar-refractivity contribution is -0.0734. The topological polar surface area (TPSA) is 62.4 Å². The zero-order valence-electron chi connectivity index (χ0n) is 13.3. The molecule has 0 spiro atoms. The summed E-state index contributed by atoms with van der Waals surface area (Å²) in [6, 6.07) is 9.54. The molecular weight excluding hydrogens is 312 g/mol. The van der Waals surface area contributed by atoms with E-state index in [9.17, 15) is 8.78 Å². The number of benzene rings is 1. The van der Waals surface area contributed by atoms with E-state index in [1.807, 2.05) is 6.07 Å². The van der Waals surface area contributed by atoms with Crippen LogP contribution in [0.2, 0.25) is 0 Å². The lowest BCUT2D eigenvalue weighted by Gasteiger charge is -2.37. The fraction of sp³-hybridized carbons (Fsp3) is 0.389. The summed E-state index contributed by atoms with van der Waals surface area (Å²) in [6.45, 7) is 1.00. The third-order valence-electron chi connectivity index (χ3n) is 4.66. The fourth-order valence-corrected chi connectivity index (χ4v) is 3.15. The first kappa shape index (κ1) is 16.6. The molecule has 0 aliphatic carbocycles. The van der Waals surface area contributed by atoms with Gasteiger partial charge in [0.1, 0.15) is 5.82 Å². The number of nitrogens with zero attached hydrogens (tertiary/aromatic N) is 2. The predicted molar refractivity (Wildman–Crippen MR) is 89.8 cm³/mol. The summed E-state index contributed by atoms with van der Waals surface area (Å²) >= 11 is 0. The number of pyridine rings is 1. The number of aromatic nitrogens is 1. The van der Waals surface area contributed by atoms with Crippen LogP contribution in [-0.2, 0) is 12.5 Å². The molecule has 4 nitrogen and oxygen atoms in total. The second-order valence-electron chi connectivity index (χ2n) is 6.18. The molecule has 3 N–H and O–H groups in total. The van der Waals surface area contributed by atoms with Crippen molar-refractivity contribution in [2.75, 3.05) is 23.7 Å². The van der Waals surface area contributed by atoms with Gasteiger partial charge in [0.05, 0.1) is 18.5 Å². The average Bonchev–Trinajstić information content (AvgIpc) is 2.62. The van der Waals surface area contributed by atoms with E-state index >= 15 is 0 Å². The van der Waals surface area contributed by atoms with E-state index in [0.717, 1.165) is 5.69 Å². The van der Waals surface area contributed by atoms with E-state index in [1.165, 1.54) is 12.1 Å². The second kappa shape index (κ2) is 6.73. The Morgan fingerprint density at radius 2 is 1.79 bits per heavy atom. The van der Waals surface area contributed by atoms with Gasteiger partial charge in [0.15, 0.2) is 0 Å². The summed E-state index contributed by atoms with van der Waals surface area (Å²) in [4.78, 5) is 6.12. The smallest absolute Gasteiger partial charge is 0.276 e. The van der Waals surface area contributed by atoms with E-state index in [-0.39, 0.29) is 12.2 Å². The van der Waals surface area contributed by atoms with Crippen LogP contribution in [0.25, 0.3) is 0 Å². The van der Waals surface area contributed by atoms with Crippen molar-refractivity contribution in [2.24, 2.45) is 5.92 Å². The molecule has 0 atom stereocenters. The van der Waals surface area contributed by atoms with Crippen LogP contribution in [0, 0.1) is 5.92 Å². The van der Waals surface area contributed by atoms with E-state index in [4.69, 9.17) is 10.8 Å². The Hall–Kier alpha value is -2.21. The summed E-state index contributed by atoms with van der Waals surface area (Å²) in [6.07, 6.45) is 2.51. The minimum absolute atomic E-state index is 0.0206. The molecule has 2 heterocycles. The Kier molecular flexibility index (Phi) is 4.66. The molecule has 0 bridgehead atoms. The Balaban J connectivity index is 1.67. The molecule has 1 fully saturated rings. The number of aliphatic hydroxyl groups excluding tert-OH is 1. The zero-order chi connectivity index (χ0) is 17.2. The predicted octanol–water partition coefficient (Wildman–Crippen LogP) is 3.16. The van der Waals surface area contributed by atoms with Crippen LogP contribution in [0.4, 0.5) is 20.3 Å². The number of aliphatic hydroxyl groups is 1. The van der Waals surface area contributed by atoms with Crippen LogP contribution < -0.4 is 10.6 Å². The Bertz CT molecular complexity index is 666. The largest absolute Gasteiger partial charge is 0.392 e. The standard InChI is InChI=1S/C18H21F2N3O/c19-18(20,14-3-1-13(12-24)2-4-14)15-7-9-23(10-8-15)16-5-6-17(21)22-11-16/h1-6,11,15,24H,7-10,12H2,(H2,21,22). The number of rotatable bonds is 4. The SMILES string of the molecule is Nc1ccc(N2CCC(C(F)(F)c3ccc(CO)cc3)CC2)cn1. The summed E-state index contributed by atoms with van der Waals surface area (Å²) in [5.41, 5.74) is 7.15. The molecule has 24 heavy (non-hydrogen) atoms. The average molecular weight is 333 g/mol. The first-order valence-corrected chi connectivity index (χ1v) is 8.05. The molecule has 128 valence electrons. The molecule has 0 radical (unpaired) electrons. The Morgan fingerprint density at radius 3 is 2.33 bits per heavy atom. The quantitative estimate of drug-likeness (QED) is 0.902. The highest BCUT2D eigenvalue weighted by atomic mass is 19.3. The highest BCUT2D eigenvalue weighted by Crippen LogP contribution is 2.42. The van der Waals surface area contributed by atoms with Crippen molar-refractivity contribution in [3.63, 3.8) is 0 Å². The number of anilines is 2. The number of hydrogen-bond donors (Lipinski definition) is 2. The van der Waals surface area contributed by atoms with Gasteiger partial charge < -0.3 is 15.7 Å².